The van der Waals surface area contributed by atoms with Gasteiger partial charge in [-0.3, -0.25) is 4.68 Å². The van der Waals surface area contributed by atoms with E-state index in [0.717, 1.165) is 22.2 Å². The third-order valence-corrected chi connectivity index (χ3v) is 4.08. The van der Waals surface area contributed by atoms with Crippen LogP contribution in [0.2, 0.25) is 0 Å². The van der Waals surface area contributed by atoms with E-state index in [4.69, 9.17) is 9.62 Å². The summed E-state index contributed by atoms with van der Waals surface area (Å²) in [6.07, 6.45) is 1.89. The molecule has 0 aliphatic rings. The zero-order valence-corrected chi connectivity index (χ0v) is 13.6. The minimum Gasteiger partial charge on any atom is -0.361 e. The van der Waals surface area contributed by atoms with Crippen LogP contribution in [-0.2, 0) is 7.05 Å². The summed E-state index contributed by atoms with van der Waals surface area (Å²) in [7, 11) is 1.88. The summed E-state index contributed by atoms with van der Waals surface area (Å²) in [5.74, 6) is 1.24. The van der Waals surface area contributed by atoms with Crippen molar-refractivity contribution in [2.45, 2.75) is 6.92 Å². The zero-order valence-electron chi connectivity index (χ0n) is 13.6. The molecular weight excluding hydrogens is 318 g/mol. The number of hydrogen-bond acceptors (Lipinski definition) is 6. The van der Waals surface area contributed by atoms with Crippen LogP contribution in [0.4, 0.5) is 0 Å². The molecule has 0 amide bonds. The molecule has 1 aromatic carbocycles. The first-order chi connectivity index (χ1) is 12.2. The third-order valence-electron chi connectivity index (χ3n) is 4.08. The molecule has 4 heterocycles. The van der Waals surface area contributed by atoms with Gasteiger partial charge in [0.15, 0.2) is 11.3 Å². The van der Waals surface area contributed by atoms with Crippen molar-refractivity contribution in [2.75, 3.05) is 0 Å². The Labute approximate surface area is 141 Å². The normalized spacial score (nSPS) is 11.6. The Morgan fingerprint density at radius 2 is 1.80 bits per heavy atom. The lowest BCUT2D eigenvalue weighted by atomic mass is 10.1. The Hall–Kier alpha value is -3.55. The molecule has 25 heavy (non-hydrogen) atoms. The Balaban J connectivity index is 1.89. The van der Waals surface area contributed by atoms with E-state index < -0.39 is 0 Å². The molecule has 5 aromatic rings. The highest BCUT2D eigenvalue weighted by molar-refractivity contribution is 6.01. The molecule has 0 fully saturated rings. The monoisotopic (exact) mass is 331 g/mol. The van der Waals surface area contributed by atoms with Crippen molar-refractivity contribution in [3.05, 3.63) is 48.4 Å². The smallest absolute Gasteiger partial charge is 0.207 e. The summed E-state index contributed by atoms with van der Waals surface area (Å²) in [6.45, 7) is 1.84. The van der Waals surface area contributed by atoms with Gasteiger partial charge in [0.25, 0.3) is 0 Å². The van der Waals surface area contributed by atoms with Crippen LogP contribution < -0.4 is 0 Å². The van der Waals surface area contributed by atoms with Crippen LogP contribution in [0.5, 0.6) is 0 Å². The van der Waals surface area contributed by atoms with Crippen molar-refractivity contribution in [2.24, 2.45) is 7.05 Å². The molecule has 122 valence electrons. The Morgan fingerprint density at radius 1 is 0.960 bits per heavy atom. The molecule has 8 nitrogen and oxygen atoms in total. The largest absolute Gasteiger partial charge is 0.361 e. The molecule has 0 radical (unpaired) electrons. The number of nitrogens with zero attached hydrogens (tertiary/aromatic N) is 7. The lowest BCUT2D eigenvalue weighted by Gasteiger charge is -2.05. The van der Waals surface area contributed by atoms with E-state index in [1.807, 2.05) is 56.6 Å². The molecule has 0 atom stereocenters. The second-order valence-electron chi connectivity index (χ2n) is 5.85. The van der Waals surface area contributed by atoms with Crippen LogP contribution in [0.15, 0.2) is 47.1 Å². The number of rotatable bonds is 2. The maximum absolute atomic E-state index is 5.17. The first kappa shape index (κ1) is 13.8. The zero-order chi connectivity index (χ0) is 17.0. The fourth-order valence-corrected chi connectivity index (χ4v) is 2.94. The topological polar surface area (TPSA) is 86.9 Å². The highest BCUT2D eigenvalue weighted by Gasteiger charge is 2.19. The van der Waals surface area contributed by atoms with Gasteiger partial charge >= 0.3 is 0 Å². The summed E-state index contributed by atoms with van der Waals surface area (Å²) in [6, 6.07) is 11.7. The highest BCUT2D eigenvalue weighted by atomic mass is 16.5. The van der Waals surface area contributed by atoms with E-state index >= 15 is 0 Å². The average Bonchev–Trinajstić information content (AvgIpc) is 3.33. The molecule has 0 aliphatic heterocycles. The average molecular weight is 331 g/mol. The Morgan fingerprint density at radius 3 is 2.52 bits per heavy atom. The van der Waals surface area contributed by atoms with Crippen molar-refractivity contribution in [3.8, 4) is 22.9 Å². The minimum atomic E-state index is 0.537. The van der Waals surface area contributed by atoms with Crippen LogP contribution in [0.25, 0.3) is 39.3 Å². The minimum absolute atomic E-state index is 0.537. The summed E-state index contributed by atoms with van der Waals surface area (Å²) in [5, 5.41) is 23.8. The van der Waals surface area contributed by atoms with Crippen LogP contribution >= 0.6 is 0 Å². The standard InChI is InChI=1S/C17H13N7O/c1-10-9-14(22-25-10)17-19-18-16-12-6-4-3-5-11(12)15(21-24(16)17)13-7-8-23(2)20-13/h3-9H,1-2H3. The quantitative estimate of drug-likeness (QED) is 0.494. The number of hydrogen-bond donors (Lipinski definition) is 0. The van der Waals surface area contributed by atoms with Gasteiger partial charge in [-0.2, -0.15) is 14.7 Å². The predicted molar refractivity (Wildman–Crippen MR) is 90.7 cm³/mol. The van der Waals surface area contributed by atoms with E-state index in [2.05, 4.69) is 20.5 Å². The SMILES string of the molecule is Cc1cc(-c2nnc3c4ccccc4c(-c4ccn(C)n4)nn23)no1. The van der Waals surface area contributed by atoms with Gasteiger partial charge in [-0.05, 0) is 13.0 Å². The van der Waals surface area contributed by atoms with E-state index in [0.29, 0.717) is 22.9 Å². The van der Waals surface area contributed by atoms with Crippen molar-refractivity contribution in [3.63, 3.8) is 0 Å². The molecule has 0 saturated heterocycles. The van der Waals surface area contributed by atoms with Gasteiger partial charge in [0.05, 0.1) is 0 Å². The Kier molecular flexibility index (Phi) is 2.75. The highest BCUT2D eigenvalue weighted by Crippen LogP contribution is 2.29. The summed E-state index contributed by atoms with van der Waals surface area (Å²) in [5.41, 5.74) is 2.83. The molecule has 5 rings (SSSR count). The fraction of sp³-hybridized carbons (Fsp3) is 0.118. The second-order valence-corrected chi connectivity index (χ2v) is 5.85. The van der Waals surface area contributed by atoms with Crippen molar-refractivity contribution < 1.29 is 4.52 Å². The third kappa shape index (κ3) is 2.04. The van der Waals surface area contributed by atoms with Crippen LogP contribution in [0, 0.1) is 6.92 Å². The van der Waals surface area contributed by atoms with E-state index in [1.54, 1.807) is 9.20 Å². The molecule has 0 aliphatic carbocycles. The summed E-state index contributed by atoms with van der Waals surface area (Å²) < 4.78 is 8.62. The van der Waals surface area contributed by atoms with E-state index in [-0.39, 0.29) is 0 Å². The molecule has 0 N–H and O–H groups in total. The van der Waals surface area contributed by atoms with Gasteiger partial charge < -0.3 is 4.52 Å². The second kappa shape index (κ2) is 4.97. The number of aryl methyl sites for hydroxylation is 2. The fourth-order valence-electron chi connectivity index (χ4n) is 2.94. The molecule has 0 spiro atoms. The van der Waals surface area contributed by atoms with Gasteiger partial charge in [-0.15, -0.1) is 10.2 Å². The van der Waals surface area contributed by atoms with E-state index in [9.17, 15) is 0 Å². The van der Waals surface area contributed by atoms with Crippen LogP contribution in [-0.4, -0.2) is 34.7 Å². The van der Waals surface area contributed by atoms with Gasteiger partial charge in [-0.1, -0.05) is 29.4 Å². The van der Waals surface area contributed by atoms with Crippen molar-refractivity contribution in [1.29, 1.82) is 0 Å². The molecule has 0 saturated carbocycles. The predicted octanol–water partition coefficient (Wildman–Crippen LogP) is 2.64. The first-order valence-corrected chi connectivity index (χ1v) is 7.78. The molecule has 0 unspecified atom stereocenters. The van der Waals surface area contributed by atoms with Crippen molar-refractivity contribution >= 4 is 16.4 Å². The summed E-state index contributed by atoms with van der Waals surface area (Å²) in [4.78, 5) is 0. The molecule has 0 bridgehead atoms. The van der Waals surface area contributed by atoms with E-state index in [1.165, 1.54) is 0 Å². The van der Waals surface area contributed by atoms with Gasteiger partial charge in [-0.25, -0.2) is 0 Å². The lowest BCUT2D eigenvalue weighted by Crippen LogP contribution is -2.00. The lowest BCUT2D eigenvalue weighted by molar-refractivity contribution is 0.399. The number of fused-ring (bicyclic) bond motifs is 3. The van der Waals surface area contributed by atoms with Gasteiger partial charge in [0.2, 0.25) is 5.82 Å². The number of benzene rings is 1. The first-order valence-electron chi connectivity index (χ1n) is 7.78. The molecule has 8 heteroatoms. The van der Waals surface area contributed by atoms with Gasteiger partial charge in [0.1, 0.15) is 17.1 Å². The van der Waals surface area contributed by atoms with Crippen molar-refractivity contribution in [1.82, 2.24) is 34.7 Å². The molecular formula is C17H13N7O. The maximum Gasteiger partial charge on any atom is 0.207 e. The Bertz CT molecular complexity index is 1230. The van der Waals surface area contributed by atoms with Crippen LogP contribution in [0.3, 0.4) is 0 Å². The molecule has 4 aromatic heterocycles. The number of aromatic nitrogens is 7. The van der Waals surface area contributed by atoms with Gasteiger partial charge in [0, 0.05) is 30.1 Å². The summed E-state index contributed by atoms with van der Waals surface area (Å²) >= 11 is 0. The maximum atomic E-state index is 5.17. The van der Waals surface area contributed by atoms with Crippen LogP contribution in [0.1, 0.15) is 5.76 Å².